The first-order valence-corrected chi connectivity index (χ1v) is 7.67. The first-order chi connectivity index (χ1) is 10.1. The molecule has 0 unspecified atom stereocenters. The summed E-state index contributed by atoms with van der Waals surface area (Å²) in [6.07, 6.45) is 1.52. The highest BCUT2D eigenvalue weighted by atomic mass is 79.9. The second kappa shape index (κ2) is 7.14. The van der Waals surface area contributed by atoms with E-state index in [1.807, 2.05) is 24.4 Å². The summed E-state index contributed by atoms with van der Waals surface area (Å²) in [5.74, 6) is -1.59. The van der Waals surface area contributed by atoms with Gasteiger partial charge in [0, 0.05) is 15.0 Å². The van der Waals surface area contributed by atoms with Crippen LogP contribution in [0, 0.1) is 6.92 Å². The normalized spacial score (nSPS) is 10.6. The minimum atomic E-state index is -0.819. The van der Waals surface area contributed by atoms with Gasteiger partial charge < -0.3 is 5.32 Å². The average Bonchev–Trinajstić information content (AvgIpc) is 2.84. The molecule has 5 nitrogen and oxygen atoms in total. The molecule has 2 amide bonds. The highest BCUT2D eigenvalue weighted by Crippen LogP contribution is 2.15. The van der Waals surface area contributed by atoms with Crippen molar-refractivity contribution in [3.05, 3.63) is 50.6 Å². The summed E-state index contributed by atoms with van der Waals surface area (Å²) in [6.45, 7) is 1.94. The summed E-state index contributed by atoms with van der Waals surface area (Å²) in [4.78, 5) is 24.2. The summed E-state index contributed by atoms with van der Waals surface area (Å²) >= 11 is 4.79. The first-order valence-electron chi connectivity index (χ1n) is 6.00. The van der Waals surface area contributed by atoms with Gasteiger partial charge in [0.2, 0.25) is 0 Å². The Kier molecular flexibility index (Phi) is 5.24. The molecular formula is C14H12BrN3O2S. The van der Waals surface area contributed by atoms with Gasteiger partial charge >= 0.3 is 11.8 Å². The fourth-order valence-electron chi connectivity index (χ4n) is 1.47. The zero-order chi connectivity index (χ0) is 15.2. The van der Waals surface area contributed by atoms with Gasteiger partial charge in [-0.25, -0.2) is 5.43 Å². The van der Waals surface area contributed by atoms with Crippen molar-refractivity contribution in [1.29, 1.82) is 0 Å². The van der Waals surface area contributed by atoms with Crippen LogP contribution in [0.25, 0.3) is 0 Å². The average molecular weight is 366 g/mol. The molecule has 1 aromatic heterocycles. The van der Waals surface area contributed by atoms with Gasteiger partial charge in [-0.2, -0.15) is 5.10 Å². The number of carbonyl (C=O) groups excluding carboxylic acids is 2. The highest BCUT2D eigenvalue weighted by molar-refractivity contribution is 9.10. The molecule has 0 saturated carbocycles. The van der Waals surface area contributed by atoms with Crippen molar-refractivity contribution in [1.82, 2.24) is 5.43 Å². The third kappa shape index (κ3) is 4.51. The van der Waals surface area contributed by atoms with E-state index in [0.717, 1.165) is 14.9 Å². The molecule has 0 aliphatic rings. The predicted molar refractivity (Wildman–Crippen MR) is 87.6 cm³/mol. The van der Waals surface area contributed by atoms with Crippen molar-refractivity contribution in [3.63, 3.8) is 0 Å². The Bertz CT molecular complexity index is 697. The van der Waals surface area contributed by atoms with E-state index < -0.39 is 11.8 Å². The number of nitrogens with one attached hydrogen (secondary N) is 2. The molecule has 0 spiro atoms. The smallest absolute Gasteiger partial charge is 0.318 e. The van der Waals surface area contributed by atoms with Crippen LogP contribution >= 0.6 is 27.3 Å². The molecular weight excluding hydrogens is 354 g/mol. The second-order valence-corrected chi connectivity index (χ2v) is 5.99. The van der Waals surface area contributed by atoms with Crippen LogP contribution in [0.3, 0.4) is 0 Å². The van der Waals surface area contributed by atoms with Gasteiger partial charge in [-0.3, -0.25) is 9.59 Å². The number of anilines is 1. The summed E-state index contributed by atoms with van der Waals surface area (Å²) in [6, 6.07) is 8.92. The first kappa shape index (κ1) is 15.4. The summed E-state index contributed by atoms with van der Waals surface area (Å²) in [5, 5.41) is 8.18. The molecule has 0 aliphatic heterocycles. The Balaban J connectivity index is 1.90. The number of aryl methyl sites for hydroxylation is 1. The highest BCUT2D eigenvalue weighted by Gasteiger charge is 2.12. The van der Waals surface area contributed by atoms with Crippen molar-refractivity contribution < 1.29 is 9.59 Å². The number of amides is 2. The summed E-state index contributed by atoms with van der Waals surface area (Å²) in [5.41, 5.74) is 3.79. The Labute approximate surface area is 134 Å². The number of hydrogen-bond donors (Lipinski definition) is 2. The van der Waals surface area contributed by atoms with Crippen LogP contribution in [0.1, 0.15) is 10.4 Å². The lowest BCUT2D eigenvalue weighted by molar-refractivity contribution is -0.136. The number of hydrogen-bond acceptors (Lipinski definition) is 4. The molecule has 2 rings (SSSR count). The Morgan fingerprint density at radius 1 is 1.29 bits per heavy atom. The lowest BCUT2D eigenvalue weighted by Crippen LogP contribution is -2.32. The number of nitrogens with zero attached hydrogens (tertiary/aromatic N) is 1. The van der Waals surface area contributed by atoms with E-state index in [4.69, 9.17) is 0 Å². The van der Waals surface area contributed by atoms with E-state index in [0.29, 0.717) is 5.69 Å². The van der Waals surface area contributed by atoms with Gasteiger partial charge in [-0.15, -0.1) is 11.3 Å². The lowest BCUT2D eigenvalue weighted by Gasteiger charge is -2.03. The van der Waals surface area contributed by atoms with Crippen LogP contribution in [0.15, 0.2) is 45.3 Å². The number of rotatable bonds is 3. The Morgan fingerprint density at radius 2 is 2.10 bits per heavy atom. The van der Waals surface area contributed by atoms with Crippen molar-refractivity contribution in [2.24, 2.45) is 5.10 Å². The van der Waals surface area contributed by atoms with Gasteiger partial charge in [0.1, 0.15) is 0 Å². The topological polar surface area (TPSA) is 70.6 Å². The molecule has 7 heteroatoms. The van der Waals surface area contributed by atoms with Crippen molar-refractivity contribution in [3.8, 4) is 0 Å². The predicted octanol–water partition coefficient (Wildman–Crippen LogP) is 2.91. The molecule has 2 N–H and O–H groups in total. The molecule has 0 bridgehead atoms. The van der Waals surface area contributed by atoms with Crippen LogP contribution in [-0.2, 0) is 9.59 Å². The number of carbonyl (C=O) groups is 2. The van der Waals surface area contributed by atoms with E-state index in [2.05, 4.69) is 31.8 Å². The van der Waals surface area contributed by atoms with E-state index in [9.17, 15) is 9.59 Å². The van der Waals surface area contributed by atoms with E-state index in [-0.39, 0.29) is 0 Å². The quantitative estimate of drug-likeness (QED) is 0.498. The van der Waals surface area contributed by atoms with Crippen molar-refractivity contribution in [2.45, 2.75) is 6.92 Å². The fraction of sp³-hybridized carbons (Fsp3) is 0.0714. The summed E-state index contributed by atoms with van der Waals surface area (Å²) in [7, 11) is 0. The monoisotopic (exact) mass is 365 g/mol. The van der Waals surface area contributed by atoms with Crippen LogP contribution in [0.5, 0.6) is 0 Å². The van der Waals surface area contributed by atoms with Crippen LogP contribution < -0.4 is 10.7 Å². The minimum absolute atomic E-state index is 0.530. The maximum Gasteiger partial charge on any atom is 0.329 e. The molecule has 1 aromatic carbocycles. The molecule has 0 saturated heterocycles. The number of halogens is 1. The molecule has 108 valence electrons. The van der Waals surface area contributed by atoms with Gasteiger partial charge in [0.25, 0.3) is 0 Å². The maximum absolute atomic E-state index is 11.7. The Morgan fingerprint density at radius 3 is 2.76 bits per heavy atom. The van der Waals surface area contributed by atoms with Gasteiger partial charge in [0.05, 0.1) is 6.21 Å². The zero-order valence-electron chi connectivity index (χ0n) is 11.1. The Hall–Kier alpha value is -1.99. The van der Waals surface area contributed by atoms with Gasteiger partial charge in [0.15, 0.2) is 0 Å². The third-order valence-electron chi connectivity index (χ3n) is 2.54. The van der Waals surface area contributed by atoms with Crippen molar-refractivity contribution in [2.75, 3.05) is 5.32 Å². The van der Waals surface area contributed by atoms with Crippen molar-refractivity contribution >= 4 is 51.0 Å². The SMILES string of the molecule is Cc1ccsc1/C=N\NC(=O)C(=O)Nc1cccc(Br)c1. The number of benzene rings is 1. The molecule has 0 radical (unpaired) electrons. The van der Waals surface area contributed by atoms with E-state index in [1.54, 1.807) is 18.2 Å². The molecule has 2 aromatic rings. The lowest BCUT2D eigenvalue weighted by atomic mass is 10.3. The maximum atomic E-state index is 11.7. The van der Waals surface area contributed by atoms with Gasteiger partial charge in [-0.05, 0) is 42.1 Å². The zero-order valence-corrected chi connectivity index (χ0v) is 13.5. The number of thiophene rings is 1. The van der Waals surface area contributed by atoms with Crippen LogP contribution in [0.2, 0.25) is 0 Å². The molecule has 0 atom stereocenters. The summed E-state index contributed by atoms with van der Waals surface area (Å²) < 4.78 is 0.812. The minimum Gasteiger partial charge on any atom is -0.318 e. The molecule has 1 heterocycles. The second-order valence-electron chi connectivity index (χ2n) is 4.13. The fourth-order valence-corrected chi connectivity index (χ4v) is 2.66. The number of hydrazone groups is 1. The standard InChI is InChI=1S/C14H12BrN3O2S/c1-9-5-6-21-12(9)8-16-18-14(20)13(19)17-11-4-2-3-10(15)7-11/h2-8H,1H3,(H,17,19)(H,18,20)/b16-8-. The third-order valence-corrected chi connectivity index (χ3v) is 3.99. The van der Waals surface area contributed by atoms with E-state index >= 15 is 0 Å². The molecule has 0 aliphatic carbocycles. The largest absolute Gasteiger partial charge is 0.329 e. The molecule has 21 heavy (non-hydrogen) atoms. The van der Waals surface area contributed by atoms with Crippen LogP contribution in [0.4, 0.5) is 5.69 Å². The molecule has 0 fully saturated rings. The van der Waals surface area contributed by atoms with Gasteiger partial charge in [-0.1, -0.05) is 22.0 Å². The van der Waals surface area contributed by atoms with Crippen LogP contribution in [-0.4, -0.2) is 18.0 Å². The van der Waals surface area contributed by atoms with E-state index in [1.165, 1.54) is 17.6 Å².